The Morgan fingerprint density at radius 2 is 2.58 bits per heavy atom. The van der Waals surface area contributed by atoms with Gasteiger partial charge >= 0.3 is 5.97 Å². The van der Waals surface area contributed by atoms with Gasteiger partial charge in [0, 0.05) is 0 Å². The van der Waals surface area contributed by atoms with E-state index in [1.165, 1.54) is 0 Å². The highest BCUT2D eigenvalue weighted by atomic mass is 16.6. The zero-order valence-corrected chi connectivity index (χ0v) is 5.81. The number of ether oxygens (including phenoxy) is 1. The van der Waals surface area contributed by atoms with Gasteiger partial charge < -0.3 is 25.2 Å². The molecule has 1 rings (SSSR count). The summed E-state index contributed by atoms with van der Waals surface area (Å²) in [7, 11) is 0. The van der Waals surface area contributed by atoms with Crippen LogP contribution in [0.1, 0.15) is 0 Å². The van der Waals surface area contributed by atoms with E-state index in [4.69, 9.17) is 5.72 Å². The number of rotatable bonds is 6. The number of hydrogen-bond donors (Lipinski definition) is 4. The standard InChI is InChI=1S/C6H8O6/c7-1-2(8)5-3(9)4(10)6(11)12-5/h2,5,7-10H,1H2/t2-,5+/m0/s1/i7D,8D/hD2. The van der Waals surface area contributed by atoms with Crippen molar-refractivity contribution in [2.75, 3.05) is 6.61 Å². The number of esters is 1. The molecule has 0 aromatic carbocycles. The van der Waals surface area contributed by atoms with Gasteiger partial charge in [-0.3, -0.25) is 0 Å². The number of hydrogen-bond acceptors (Lipinski definition) is 6. The van der Waals surface area contributed by atoms with E-state index in [0.29, 0.717) is 0 Å². The summed E-state index contributed by atoms with van der Waals surface area (Å²) >= 11 is 0. The highest BCUT2D eigenvalue weighted by Crippen LogP contribution is 2.20. The van der Waals surface area contributed by atoms with Gasteiger partial charge in [0.2, 0.25) is 8.62 Å². The molecule has 0 unspecified atom stereocenters. The summed E-state index contributed by atoms with van der Waals surface area (Å²) in [5.41, 5.74) is 0. The molecule has 2 atom stereocenters. The van der Waals surface area contributed by atoms with Crippen molar-refractivity contribution in [3.8, 4) is 0 Å². The number of carbonyl (C=O) groups is 1. The van der Waals surface area contributed by atoms with E-state index < -0.39 is 29.7 Å². The molecule has 4 N–H and O–H groups in total. The summed E-state index contributed by atoms with van der Waals surface area (Å²) in [6, 6.07) is 0. The van der Waals surface area contributed by atoms with Crippen molar-refractivity contribution < 1.29 is 30.0 Å². The van der Waals surface area contributed by atoms with Crippen molar-refractivity contribution in [2.24, 2.45) is 0 Å². The molecule has 0 bridgehead atoms. The molecule has 0 aromatic rings. The van der Waals surface area contributed by atoms with Gasteiger partial charge in [-0.1, -0.05) is 0 Å². The van der Waals surface area contributed by atoms with Gasteiger partial charge in [-0.25, -0.2) is 4.79 Å². The zero-order chi connectivity index (χ0) is 12.1. The van der Waals surface area contributed by atoms with Crippen LogP contribution in [0.4, 0.5) is 0 Å². The van der Waals surface area contributed by atoms with Gasteiger partial charge in [0.25, 0.3) is 2.86 Å². The lowest BCUT2D eigenvalue weighted by Gasteiger charge is -2.13. The van der Waals surface area contributed by atoms with E-state index in [0.717, 1.165) is 0 Å². The van der Waals surface area contributed by atoms with Crippen LogP contribution in [-0.4, -0.2) is 48.1 Å². The maximum atomic E-state index is 11.1. The van der Waals surface area contributed by atoms with Crippen LogP contribution in [-0.2, 0) is 9.53 Å². The molecule has 12 heavy (non-hydrogen) atoms. The van der Waals surface area contributed by atoms with E-state index in [1.807, 2.05) is 0 Å². The van der Waals surface area contributed by atoms with Crippen LogP contribution in [0.3, 0.4) is 0 Å². The van der Waals surface area contributed by atoms with Crippen molar-refractivity contribution in [3.63, 3.8) is 0 Å². The third-order valence-corrected chi connectivity index (χ3v) is 1.40. The first kappa shape index (κ1) is 4.68. The molecule has 1 heterocycles. The summed E-state index contributed by atoms with van der Waals surface area (Å²) in [4.78, 5) is 11.1. The Labute approximate surface area is 73.3 Å². The van der Waals surface area contributed by atoms with Crippen LogP contribution in [0.5, 0.6) is 0 Å². The third-order valence-electron chi connectivity index (χ3n) is 1.40. The van der Waals surface area contributed by atoms with Crippen molar-refractivity contribution in [1.82, 2.24) is 0 Å². The number of aliphatic hydroxyl groups is 4. The minimum absolute atomic E-state index is 0.375. The molecule has 0 aromatic heterocycles. The predicted molar refractivity (Wildman–Crippen MR) is 35.3 cm³/mol. The quantitative estimate of drug-likeness (QED) is 0.374. The minimum Gasteiger partial charge on any atom is -0.505 e. The molecular formula is C6H8O6. The summed E-state index contributed by atoms with van der Waals surface area (Å²) < 4.78 is 31.1. The van der Waals surface area contributed by atoms with Crippen molar-refractivity contribution in [1.29, 1.82) is 5.72 Å². The number of aliphatic hydroxyl groups excluding tert-OH is 4. The van der Waals surface area contributed by atoms with Crippen LogP contribution in [0, 0.1) is 0 Å². The molecule has 0 saturated heterocycles. The molecule has 0 radical (unpaired) electrons. The second-order valence-corrected chi connectivity index (χ2v) is 2.22. The first-order valence-electron chi connectivity index (χ1n) is 4.74. The van der Waals surface area contributed by atoms with E-state index in [2.05, 4.69) is 25.2 Å². The first-order chi connectivity index (χ1) is 7.69. The van der Waals surface area contributed by atoms with Crippen molar-refractivity contribution in [2.45, 2.75) is 12.2 Å². The molecule has 0 spiro atoms. The smallest absolute Gasteiger partial charge is 0.377 e. The molecule has 0 fully saturated rings. The Hall–Kier alpha value is -1.27. The number of carbonyl (C=O) groups excluding carboxylic acids is 1. The maximum Gasteiger partial charge on any atom is 0.377 e. The van der Waals surface area contributed by atoms with Gasteiger partial charge in [0.15, 0.2) is 11.9 Å². The second kappa shape index (κ2) is 3.00. The third kappa shape index (κ3) is 1.21. The summed E-state index contributed by atoms with van der Waals surface area (Å²) in [5, 5.41) is 16.2. The van der Waals surface area contributed by atoms with Gasteiger partial charge in [0.1, 0.15) is 6.10 Å². The highest BCUT2D eigenvalue weighted by Gasteiger charge is 2.38. The fraction of sp³-hybridized carbons (Fsp3) is 0.500. The van der Waals surface area contributed by atoms with Crippen molar-refractivity contribution >= 4 is 5.97 Å². The van der Waals surface area contributed by atoms with E-state index in [9.17, 15) is 4.79 Å². The number of cyclic esters (lactones) is 1. The zero-order valence-electron chi connectivity index (χ0n) is 9.81. The molecule has 0 saturated carbocycles. The average Bonchev–Trinajstić information content (AvgIpc) is 2.61. The Bertz CT molecular complexity index is 295. The van der Waals surface area contributed by atoms with Crippen LogP contribution in [0.25, 0.3) is 2.86 Å². The maximum absolute atomic E-state index is 11.1. The van der Waals surface area contributed by atoms with E-state index >= 15 is 0 Å². The van der Waals surface area contributed by atoms with E-state index in [-0.39, 0.29) is 6.61 Å². The van der Waals surface area contributed by atoms with Gasteiger partial charge in [-0.15, -0.1) is 0 Å². The van der Waals surface area contributed by atoms with Gasteiger partial charge in [-0.2, -0.15) is 0 Å². The normalized spacial score (nSPS) is 29.7. The van der Waals surface area contributed by atoms with Crippen LogP contribution >= 0.6 is 0 Å². The van der Waals surface area contributed by atoms with Crippen LogP contribution < -0.4 is 0 Å². The fourth-order valence-corrected chi connectivity index (χ4v) is 0.784. The highest BCUT2D eigenvalue weighted by molar-refractivity contribution is 5.89. The summed E-state index contributed by atoms with van der Waals surface area (Å²) in [5.74, 6) is -1.99. The van der Waals surface area contributed by atoms with Crippen LogP contribution in [0.15, 0.2) is 11.5 Å². The Balaban J connectivity index is 2.89. The fourth-order valence-electron chi connectivity index (χ4n) is 0.784. The Morgan fingerprint density at radius 3 is 3.17 bits per heavy atom. The summed E-state index contributed by atoms with van der Waals surface area (Å²) in [6.07, 6.45) is -2.39. The van der Waals surface area contributed by atoms with Crippen molar-refractivity contribution in [3.05, 3.63) is 11.5 Å². The molecule has 0 amide bonds. The lowest BCUT2D eigenvalue weighted by Crippen LogP contribution is -2.31. The Kier molecular flexibility index (Phi) is 1.17. The second-order valence-electron chi connectivity index (χ2n) is 2.22. The first-order valence-corrected chi connectivity index (χ1v) is 3.11. The molecule has 1 aliphatic rings. The molecule has 6 nitrogen and oxygen atoms in total. The lowest BCUT2D eigenvalue weighted by atomic mass is 10.2. The lowest BCUT2D eigenvalue weighted by molar-refractivity contribution is -0.147. The average molecular weight is 180 g/mol. The van der Waals surface area contributed by atoms with Gasteiger partial charge in [0.05, 0.1) is 6.61 Å². The molecular weight excluding hydrogens is 168 g/mol. The largest absolute Gasteiger partial charge is 0.505 e. The molecule has 1 aliphatic heterocycles. The minimum atomic E-state index is -1.24. The Morgan fingerprint density at radius 1 is 1.67 bits per heavy atom. The topological polar surface area (TPSA) is 107 Å². The molecule has 6 heteroatoms. The van der Waals surface area contributed by atoms with E-state index in [1.54, 1.807) is 0 Å². The SMILES string of the molecule is [2H]OC[C@H](O[2H])[C@H]1OC(=O)C(O[2H])=C1O[2H]. The monoisotopic (exact) mass is 180 g/mol. The predicted octanol–water partition coefficient (Wildman–Crippen LogP) is -1.41. The molecule has 0 aliphatic carbocycles. The van der Waals surface area contributed by atoms with Crippen LogP contribution in [0.2, 0.25) is 0 Å². The summed E-state index contributed by atoms with van der Waals surface area (Å²) in [6.45, 7) is -0.375. The van der Waals surface area contributed by atoms with Gasteiger partial charge in [-0.05, 0) is 0 Å². The molecule has 68 valence electrons.